The number of anilines is 1. The molecule has 0 bridgehead atoms. The van der Waals surface area contributed by atoms with Gasteiger partial charge in [0.15, 0.2) is 0 Å². The van der Waals surface area contributed by atoms with Crippen molar-refractivity contribution in [2.24, 2.45) is 0 Å². The van der Waals surface area contributed by atoms with E-state index in [1.165, 1.54) is 17.0 Å². The maximum atomic E-state index is 12.2. The second-order valence-corrected chi connectivity index (χ2v) is 4.80. The maximum absolute atomic E-state index is 12.2. The van der Waals surface area contributed by atoms with Crippen molar-refractivity contribution < 1.29 is 27.5 Å². The topological polar surface area (TPSA) is 58.6 Å². The van der Waals surface area contributed by atoms with Gasteiger partial charge < -0.3 is 15.0 Å². The lowest BCUT2D eigenvalue weighted by molar-refractivity contribution is -0.274. The van der Waals surface area contributed by atoms with Gasteiger partial charge in [-0.1, -0.05) is 13.0 Å². The van der Waals surface area contributed by atoms with E-state index in [-0.39, 0.29) is 24.0 Å². The van der Waals surface area contributed by atoms with E-state index in [9.17, 15) is 22.8 Å². The number of rotatable bonds is 4. The summed E-state index contributed by atoms with van der Waals surface area (Å²) in [6.07, 6.45) is -4.11. The maximum Gasteiger partial charge on any atom is 0.573 e. The van der Waals surface area contributed by atoms with Crippen LogP contribution in [0.15, 0.2) is 24.3 Å². The largest absolute Gasteiger partial charge is 0.573 e. The summed E-state index contributed by atoms with van der Waals surface area (Å²) in [4.78, 5) is 24.9. The predicted octanol–water partition coefficient (Wildman–Crippen LogP) is 2.22. The van der Waals surface area contributed by atoms with Crippen LogP contribution in [0.5, 0.6) is 5.75 Å². The minimum absolute atomic E-state index is 0.241. The summed E-state index contributed by atoms with van der Waals surface area (Å²) in [5, 5.41) is 2.59. The lowest BCUT2D eigenvalue weighted by Gasteiger charge is -2.18. The van der Waals surface area contributed by atoms with Gasteiger partial charge in [0.25, 0.3) is 0 Å². The van der Waals surface area contributed by atoms with Gasteiger partial charge in [0.05, 0.1) is 0 Å². The smallest absolute Gasteiger partial charge is 0.406 e. The zero-order valence-corrected chi connectivity index (χ0v) is 11.8. The van der Waals surface area contributed by atoms with E-state index in [1.54, 1.807) is 6.92 Å². The van der Waals surface area contributed by atoms with E-state index in [1.807, 2.05) is 0 Å². The van der Waals surface area contributed by atoms with Crippen LogP contribution in [0.4, 0.5) is 18.9 Å². The third-order valence-corrected chi connectivity index (χ3v) is 3.22. The van der Waals surface area contributed by atoms with E-state index in [4.69, 9.17) is 0 Å². The number of carbonyl (C=O) groups is 2. The Hall–Kier alpha value is -2.25. The number of hydrogen-bond donors (Lipinski definition) is 1. The van der Waals surface area contributed by atoms with Crippen molar-refractivity contribution in [2.75, 3.05) is 11.4 Å². The van der Waals surface area contributed by atoms with Gasteiger partial charge >= 0.3 is 6.36 Å². The average molecular weight is 316 g/mol. The number of ether oxygens (including phenoxy) is 1. The molecule has 120 valence electrons. The minimum atomic E-state index is -4.79. The Morgan fingerprint density at radius 2 is 2.18 bits per heavy atom. The number of alkyl halides is 3. The highest BCUT2D eigenvalue weighted by molar-refractivity contribution is 6.01. The first-order chi connectivity index (χ1) is 10.3. The van der Waals surface area contributed by atoms with Gasteiger partial charge in [-0.25, -0.2) is 0 Å². The first kappa shape index (κ1) is 16.1. The van der Waals surface area contributed by atoms with E-state index < -0.39 is 12.4 Å². The van der Waals surface area contributed by atoms with Gasteiger partial charge in [-0.2, -0.15) is 0 Å². The van der Waals surface area contributed by atoms with Crippen LogP contribution in [0.25, 0.3) is 0 Å². The third kappa shape index (κ3) is 3.90. The first-order valence-corrected chi connectivity index (χ1v) is 6.76. The van der Waals surface area contributed by atoms with Crippen LogP contribution in [-0.4, -0.2) is 30.8 Å². The lowest BCUT2D eigenvalue weighted by atomic mass is 10.2. The highest BCUT2D eigenvalue weighted by atomic mass is 19.4. The molecule has 1 aliphatic rings. The molecule has 1 aromatic rings. The van der Waals surface area contributed by atoms with Gasteiger partial charge in [0.2, 0.25) is 11.8 Å². The Labute approximate surface area is 125 Å². The molecule has 1 N–H and O–H groups in total. The number of nitrogens with zero attached hydrogens (tertiary/aromatic N) is 1. The van der Waals surface area contributed by atoms with Gasteiger partial charge in [-0.05, 0) is 18.6 Å². The van der Waals surface area contributed by atoms with Crippen LogP contribution < -0.4 is 15.0 Å². The molecule has 1 aliphatic heterocycles. The molecule has 5 nitrogen and oxygen atoms in total. The molecule has 1 saturated heterocycles. The molecule has 1 aromatic carbocycles. The van der Waals surface area contributed by atoms with Gasteiger partial charge in [0.1, 0.15) is 11.8 Å². The van der Waals surface area contributed by atoms with E-state index in [2.05, 4.69) is 10.1 Å². The van der Waals surface area contributed by atoms with Crippen molar-refractivity contribution in [2.45, 2.75) is 32.2 Å². The number of amides is 2. The molecule has 1 fully saturated rings. The average Bonchev–Trinajstić information content (AvgIpc) is 2.78. The molecular formula is C14H15F3N2O3. The summed E-state index contributed by atoms with van der Waals surface area (Å²) < 4.78 is 40.5. The Morgan fingerprint density at radius 3 is 2.82 bits per heavy atom. The molecule has 8 heteroatoms. The quantitative estimate of drug-likeness (QED) is 0.926. The standard InChI is InChI=1S/C14H15F3N2O3/c1-2-12(20)18-11-6-7-19(13(11)21)9-4-3-5-10(8-9)22-14(15,16)17/h3-5,8,11H,2,6-7H2,1H3,(H,18,20)/t11-/m1/s1. The molecule has 1 heterocycles. The fourth-order valence-corrected chi connectivity index (χ4v) is 2.22. The second-order valence-electron chi connectivity index (χ2n) is 4.80. The van der Waals surface area contributed by atoms with E-state index >= 15 is 0 Å². The monoisotopic (exact) mass is 316 g/mol. The summed E-state index contributed by atoms with van der Waals surface area (Å²) in [5.41, 5.74) is 0.306. The highest BCUT2D eigenvalue weighted by Gasteiger charge is 2.34. The van der Waals surface area contributed by atoms with Gasteiger partial charge in [-0.15, -0.1) is 13.2 Å². The van der Waals surface area contributed by atoms with Crippen molar-refractivity contribution in [3.8, 4) is 5.75 Å². The molecule has 22 heavy (non-hydrogen) atoms. The van der Waals surface area contributed by atoms with Crippen LogP contribution in [-0.2, 0) is 9.59 Å². The number of halogens is 3. The Bertz CT molecular complexity index is 575. The van der Waals surface area contributed by atoms with Crippen molar-refractivity contribution in [1.82, 2.24) is 5.32 Å². The Balaban J connectivity index is 2.11. The normalized spacial score (nSPS) is 18.5. The summed E-state index contributed by atoms with van der Waals surface area (Å²) in [5.74, 6) is -0.973. The van der Waals surface area contributed by atoms with Crippen LogP contribution >= 0.6 is 0 Å². The minimum Gasteiger partial charge on any atom is -0.406 e. The molecule has 0 aliphatic carbocycles. The molecule has 0 saturated carbocycles. The molecule has 0 unspecified atom stereocenters. The van der Waals surface area contributed by atoms with E-state index in [0.29, 0.717) is 18.7 Å². The van der Waals surface area contributed by atoms with Crippen molar-refractivity contribution in [1.29, 1.82) is 0 Å². The molecule has 0 radical (unpaired) electrons. The summed E-state index contributed by atoms with van der Waals surface area (Å²) in [7, 11) is 0. The van der Waals surface area contributed by atoms with Crippen molar-refractivity contribution >= 4 is 17.5 Å². The summed E-state index contributed by atoms with van der Waals surface area (Å²) >= 11 is 0. The lowest BCUT2D eigenvalue weighted by Crippen LogP contribution is -2.41. The zero-order chi connectivity index (χ0) is 16.3. The molecule has 0 spiro atoms. The third-order valence-electron chi connectivity index (χ3n) is 3.22. The fourth-order valence-electron chi connectivity index (χ4n) is 2.22. The molecule has 0 aromatic heterocycles. The zero-order valence-electron chi connectivity index (χ0n) is 11.8. The Morgan fingerprint density at radius 1 is 1.45 bits per heavy atom. The van der Waals surface area contributed by atoms with Crippen molar-refractivity contribution in [3.63, 3.8) is 0 Å². The van der Waals surface area contributed by atoms with Crippen molar-refractivity contribution in [3.05, 3.63) is 24.3 Å². The Kier molecular flexibility index (Phi) is 4.58. The van der Waals surface area contributed by atoms with Crippen LogP contribution in [0.3, 0.4) is 0 Å². The highest BCUT2D eigenvalue weighted by Crippen LogP contribution is 2.29. The van der Waals surface area contributed by atoms with Gasteiger partial charge in [-0.3, -0.25) is 9.59 Å². The number of carbonyl (C=O) groups excluding carboxylic acids is 2. The molecule has 2 amide bonds. The summed E-state index contributed by atoms with van der Waals surface area (Å²) in [6.45, 7) is 1.99. The van der Waals surface area contributed by atoms with E-state index in [0.717, 1.165) is 12.1 Å². The van der Waals surface area contributed by atoms with Crippen LogP contribution in [0.1, 0.15) is 19.8 Å². The van der Waals surface area contributed by atoms with Crippen LogP contribution in [0, 0.1) is 0 Å². The second kappa shape index (κ2) is 6.25. The number of hydrogen-bond acceptors (Lipinski definition) is 3. The first-order valence-electron chi connectivity index (χ1n) is 6.76. The number of benzene rings is 1. The predicted molar refractivity (Wildman–Crippen MR) is 72.3 cm³/mol. The number of nitrogens with one attached hydrogen (secondary N) is 1. The van der Waals surface area contributed by atoms with Crippen LogP contribution in [0.2, 0.25) is 0 Å². The molecule has 2 rings (SSSR count). The fraction of sp³-hybridized carbons (Fsp3) is 0.429. The van der Waals surface area contributed by atoms with Gasteiger partial charge in [0, 0.05) is 24.7 Å². The summed E-state index contributed by atoms with van der Waals surface area (Å²) in [6, 6.07) is 4.57. The molecule has 1 atom stereocenters. The molecular weight excluding hydrogens is 301 g/mol. The SMILES string of the molecule is CCC(=O)N[C@@H]1CCN(c2cccc(OC(F)(F)F)c2)C1=O.